The lowest BCUT2D eigenvalue weighted by Crippen LogP contribution is -2.38. The summed E-state index contributed by atoms with van der Waals surface area (Å²) in [4.78, 5) is 25.4. The second-order valence-electron chi connectivity index (χ2n) is 7.15. The maximum atomic E-state index is 13.4. The number of para-hydroxylation sites is 2. The normalized spacial score (nSPS) is 11.0. The van der Waals surface area contributed by atoms with Crippen molar-refractivity contribution in [2.75, 3.05) is 22.7 Å². The molecule has 3 aromatic carbocycles. The molecule has 9 heteroatoms. The third-order valence-corrected chi connectivity index (χ3v) is 6.75. The summed E-state index contributed by atoms with van der Waals surface area (Å²) in [6.45, 7) is 1.95. The number of halogens is 1. The van der Waals surface area contributed by atoms with Gasteiger partial charge in [0.1, 0.15) is 6.54 Å². The maximum Gasteiger partial charge on any atom is 0.264 e. The highest BCUT2D eigenvalue weighted by molar-refractivity contribution is 7.92. The molecule has 0 spiro atoms. The molecule has 0 heterocycles. The van der Waals surface area contributed by atoms with Gasteiger partial charge in [0, 0.05) is 11.6 Å². The summed E-state index contributed by atoms with van der Waals surface area (Å²) in [5, 5.41) is 5.84. The molecule has 0 bridgehead atoms. The monoisotopic (exact) mass is 485 g/mol. The van der Waals surface area contributed by atoms with Crippen molar-refractivity contribution in [2.45, 2.75) is 18.2 Å². The Kier molecular flexibility index (Phi) is 8.08. The van der Waals surface area contributed by atoms with Gasteiger partial charge in [0.2, 0.25) is 5.91 Å². The van der Waals surface area contributed by atoms with Gasteiger partial charge in [0.05, 0.1) is 21.8 Å². The Balaban J connectivity index is 1.88. The first kappa shape index (κ1) is 24.3. The molecule has 3 aromatic rings. The van der Waals surface area contributed by atoms with E-state index in [1.165, 1.54) is 24.3 Å². The van der Waals surface area contributed by atoms with Crippen molar-refractivity contribution < 1.29 is 18.0 Å². The maximum absolute atomic E-state index is 13.4. The van der Waals surface area contributed by atoms with Gasteiger partial charge in [0.15, 0.2) is 0 Å². The largest absolute Gasteiger partial charge is 0.352 e. The van der Waals surface area contributed by atoms with E-state index >= 15 is 0 Å². The average molecular weight is 486 g/mol. The van der Waals surface area contributed by atoms with Gasteiger partial charge in [-0.3, -0.25) is 13.9 Å². The molecule has 3 rings (SSSR count). The fourth-order valence-electron chi connectivity index (χ4n) is 3.09. The number of benzene rings is 3. The van der Waals surface area contributed by atoms with Gasteiger partial charge in [-0.05, 0) is 55.0 Å². The molecule has 0 radical (unpaired) electrons. The van der Waals surface area contributed by atoms with Crippen LogP contribution in [0.5, 0.6) is 0 Å². The zero-order valence-corrected chi connectivity index (χ0v) is 19.6. The molecule has 2 N–H and O–H groups in total. The molecule has 172 valence electrons. The highest BCUT2D eigenvalue weighted by Gasteiger charge is 2.27. The van der Waals surface area contributed by atoms with E-state index < -0.39 is 22.5 Å². The Bertz CT molecular complexity index is 1220. The van der Waals surface area contributed by atoms with E-state index in [4.69, 9.17) is 11.6 Å². The van der Waals surface area contributed by atoms with Gasteiger partial charge >= 0.3 is 0 Å². The van der Waals surface area contributed by atoms with Gasteiger partial charge in [-0.15, -0.1) is 0 Å². The Morgan fingerprint density at radius 3 is 2.21 bits per heavy atom. The van der Waals surface area contributed by atoms with Crippen LogP contribution in [0, 0.1) is 0 Å². The molecule has 33 heavy (non-hydrogen) atoms. The molecule has 0 atom stereocenters. The van der Waals surface area contributed by atoms with Crippen LogP contribution in [0.15, 0.2) is 83.8 Å². The first-order valence-corrected chi connectivity index (χ1v) is 12.1. The number of anilines is 2. The topological polar surface area (TPSA) is 95.6 Å². The lowest BCUT2D eigenvalue weighted by Gasteiger charge is -2.24. The van der Waals surface area contributed by atoms with Gasteiger partial charge in [0.25, 0.3) is 15.9 Å². The quantitative estimate of drug-likeness (QED) is 0.472. The standard InChI is InChI=1S/C24H24ClN3O4S/c1-2-16-26-24(30)21-10-6-7-11-22(21)27-23(29)17-28(19-8-4-3-5-9-19)33(31,32)20-14-12-18(25)13-15-20/h3-15H,2,16-17H2,1H3,(H,26,30)(H,27,29). The second kappa shape index (κ2) is 11.0. The number of carbonyl (C=O) groups excluding carboxylic acids is 2. The molecular weight excluding hydrogens is 462 g/mol. The van der Waals surface area contributed by atoms with Gasteiger partial charge in [-0.25, -0.2) is 8.42 Å². The number of hydrogen-bond donors (Lipinski definition) is 2. The molecule has 0 fully saturated rings. The summed E-state index contributed by atoms with van der Waals surface area (Å²) in [5.74, 6) is -0.909. The van der Waals surface area contributed by atoms with Gasteiger partial charge in [-0.1, -0.05) is 48.9 Å². The minimum absolute atomic E-state index is 0.00268. The van der Waals surface area contributed by atoms with Crippen molar-refractivity contribution in [2.24, 2.45) is 0 Å². The Morgan fingerprint density at radius 1 is 0.909 bits per heavy atom. The fraction of sp³-hybridized carbons (Fsp3) is 0.167. The lowest BCUT2D eigenvalue weighted by atomic mass is 10.1. The average Bonchev–Trinajstić information content (AvgIpc) is 2.82. The SMILES string of the molecule is CCCNC(=O)c1ccccc1NC(=O)CN(c1ccccc1)S(=O)(=O)c1ccc(Cl)cc1. The molecular formula is C24H24ClN3O4S. The van der Waals surface area contributed by atoms with Crippen LogP contribution in [-0.4, -0.2) is 33.3 Å². The molecule has 7 nitrogen and oxygen atoms in total. The van der Waals surface area contributed by atoms with Crippen LogP contribution < -0.4 is 14.9 Å². The summed E-state index contributed by atoms with van der Waals surface area (Å²) in [6, 6.07) is 20.6. The Hall–Kier alpha value is -3.36. The van der Waals surface area contributed by atoms with Crippen LogP contribution in [0.1, 0.15) is 23.7 Å². The van der Waals surface area contributed by atoms with Crippen molar-refractivity contribution in [1.82, 2.24) is 5.32 Å². The summed E-state index contributed by atoms with van der Waals surface area (Å²) >= 11 is 5.90. The van der Waals surface area contributed by atoms with E-state index in [1.807, 2.05) is 6.92 Å². The molecule has 2 amide bonds. The predicted octanol–water partition coefficient (Wildman–Crippen LogP) is 4.31. The second-order valence-corrected chi connectivity index (χ2v) is 9.45. The number of amides is 2. The molecule has 0 saturated heterocycles. The number of nitrogens with one attached hydrogen (secondary N) is 2. The van der Waals surface area contributed by atoms with Gasteiger partial charge < -0.3 is 10.6 Å². The van der Waals surface area contributed by atoms with E-state index in [1.54, 1.807) is 54.6 Å². The third-order valence-electron chi connectivity index (χ3n) is 4.71. The highest BCUT2D eigenvalue weighted by atomic mass is 35.5. The van der Waals surface area contributed by atoms with E-state index in [0.717, 1.165) is 10.7 Å². The number of rotatable bonds is 9. The van der Waals surface area contributed by atoms with Crippen molar-refractivity contribution >= 4 is 44.8 Å². The number of hydrogen-bond acceptors (Lipinski definition) is 4. The first-order valence-electron chi connectivity index (χ1n) is 10.3. The van der Waals surface area contributed by atoms with Crippen LogP contribution in [0.2, 0.25) is 5.02 Å². The Morgan fingerprint density at radius 2 is 1.55 bits per heavy atom. The lowest BCUT2D eigenvalue weighted by molar-refractivity contribution is -0.114. The van der Waals surface area contributed by atoms with Crippen LogP contribution in [0.4, 0.5) is 11.4 Å². The summed E-state index contributed by atoms with van der Waals surface area (Å²) in [5.41, 5.74) is 0.927. The van der Waals surface area contributed by atoms with E-state index in [-0.39, 0.29) is 10.8 Å². The van der Waals surface area contributed by atoms with Gasteiger partial charge in [-0.2, -0.15) is 0 Å². The zero-order valence-electron chi connectivity index (χ0n) is 18.0. The van der Waals surface area contributed by atoms with Crippen molar-refractivity contribution in [3.8, 4) is 0 Å². The summed E-state index contributed by atoms with van der Waals surface area (Å²) < 4.78 is 27.7. The van der Waals surface area contributed by atoms with E-state index in [2.05, 4.69) is 10.6 Å². The van der Waals surface area contributed by atoms with Crippen molar-refractivity contribution in [3.63, 3.8) is 0 Å². The minimum Gasteiger partial charge on any atom is -0.352 e. The highest BCUT2D eigenvalue weighted by Crippen LogP contribution is 2.25. The number of sulfonamides is 1. The van der Waals surface area contributed by atoms with Crippen LogP contribution in [0.25, 0.3) is 0 Å². The molecule has 0 saturated carbocycles. The summed E-state index contributed by atoms with van der Waals surface area (Å²) in [7, 11) is -4.06. The first-order chi connectivity index (χ1) is 15.8. The third kappa shape index (κ3) is 6.12. The van der Waals surface area contributed by atoms with Crippen molar-refractivity contribution in [1.29, 1.82) is 0 Å². The minimum atomic E-state index is -4.06. The predicted molar refractivity (Wildman–Crippen MR) is 130 cm³/mol. The fourth-order valence-corrected chi connectivity index (χ4v) is 4.63. The zero-order chi connectivity index (χ0) is 23.8. The summed E-state index contributed by atoms with van der Waals surface area (Å²) in [6.07, 6.45) is 0.773. The molecule has 0 aliphatic heterocycles. The van der Waals surface area contributed by atoms with E-state index in [0.29, 0.717) is 28.5 Å². The van der Waals surface area contributed by atoms with Crippen LogP contribution in [0.3, 0.4) is 0 Å². The molecule has 0 unspecified atom stereocenters. The number of carbonyl (C=O) groups is 2. The smallest absolute Gasteiger partial charge is 0.264 e. The van der Waals surface area contributed by atoms with Crippen LogP contribution >= 0.6 is 11.6 Å². The van der Waals surface area contributed by atoms with Crippen LogP contribution in [-0.2, 0) is 14.8 Å². The number of nitrogens with zero attached hydrogens (tertiary/aromatic N) is 1. The van der Waals surface area contributed by atoms with Crippen molar-refractivity contribution in [3.05, 3.63) is 89.4 Å². The Labute approximate surface area is 198 Å². The molecule has 0 aliphatic rings. The van der Waals surface area contributed by atoms with E-state index in [9.17, 15) is 18.0 Å². The molecule has 0 aromatic heterocycles. The molecule has 0 aliphatic carbocycles.